The fourth-order valence-corrected chi connectivity index (χ4v) is 2.59. The van der Waals surface area contributed by atoms with E-state index in [-0.39, 0.29) is 25.4 Å². The van der Waals surface area contributed by atoms with Crippen molar-refractivity contribution in [2.75, 3.05) is 45.7 Å². The Morgan fingerprint density at radius 3 is 2.53 bits per heavy atom. The number of hydrogen-bond acceptors (Lipinski definition) is 5. The molecule has 0 bridgehead atoms. The number of sulfonamides is 1. The lowest BCUT2D eigenvalue weighted by atomic mass is 10.5. The zero-order valence-corrected chi connectivity index (χ0v) is 9.87. The first-order valence-electron chi connectivity index (χ1n) is 4.86. The highest BCUT2D eigenvalue weighted by molar-refractivity contribution is 7.89. The molecule has 3 N–H and O–H groups in total. The van der Waals surface area contributed by atoms with Crippen LogP contribution in [0.5, 0.6) is 0 Å². The molecule has 0 spiro atoms. The number of nitrogens with two attached hydrogens (primary N) is 1. The first kappa shape index (κ1) is 14.8. The zero-order valence-electron chi connectivity index (χ0n) is 9.05. The molecule has 0 saturated carbocycles. The fourth-order valence-electron chi connectivity index (χ4n) is 1.09. The van der Waals surface area contributed by atoms with Crippen molar-refractivity contribution in [2.24, 2.45) is 5.73 Å². The Labute approximate surface area is 91.1 Å². The first-order valence-corrected chi connectivity index (χ1v) is 6.47. The Morgan fingerprint density at radius 1 is 1.40 bits per heavy atom. The second-order valence-corrected chi connectivity index (χ2v) is 5.16. The Kier molecular flexibility index (Phi) is 7.89. The molecule has 0 saturated heterocycles. The molecule has 0 radical (unpaired) electrons. The van der Waals surface area contributed by atoms with Crippen LogP contribution in [0.15, 0.2) is 0 Å². The minimum Gasteiger partial charge on any atom is -0.395 e. The smallest absolute Gasteiger partial charge is 0.214 e. The van der Waals surface area contributed by atoms with Crippen LogP contribution in [0.4, 0.5) is 0 Å². The van der Waals surface area contributed by atoms with Crippen LogP contribution in [0.25, 0.3) is 0 Å². The molecule has 7 heteroatoms. The number of nitrogens with zero attached hydrogens (tertiary/aromatic N) is 1. The molecule has 92 valence electrons. The minimum atomic E-state index is -3.31. The number of aliphatic hydroxyl groups excluding tert-OH is 1. The van der Waals surface area contributed by atoms with Crippen LogP contribution < -0.4 is 5.73 Å². The zero-order chi connectivity index (χ0) is 11.7. The van der Waals surface area contributed by atoms with Crippen LogP contribution in [0, 0.1) is 0 Å². The average molecular weight is 240 g/mol. The van der Waals surface area contributed by atoms with Gasteiger partial charge in [0.15, 0.2) is 0 Å². The van der Waals surface area contributed by atoms with Gasteiger partial charge in [0, 0.05) is 20.2 Å². The van der Waals surface area contributed by atoms with Gasteiger partial charge in [0.05, 0.1) is 19.0 Å². The maximum absolute atomic E-state index is 11.7. The topological polar surface area (TPSA) is 92.9 Å². The van der Waals surface area contributed by atoms with Gasteiger partial charge < -0.3 is 15.6 Å². The molecule has 0 fully saturated rings. The van der Waals surface area contributed by atoms with Gasteiger partial charge in [0.2, 0.25) is 10.0 Å². The van der Waals surface area contributed by atoms with E-state index in [9.17, 15) is 8.42 Å². The number of ether oxygens (including phenoxy) is 1. The van der Waals surface area contributed by atoms with Crippen LogP contribution in [0.1, 0.15) is 6.42 Å². The van der Waals surface area contributed by atoms with E-state index in [0.29, 0.717) is 19.6 Å². The molecule has 0 heterocycles. The highest BCUT2D eigenvalue weighted by Gasteiger charge is 2.20. The summed E-state index contributed by atoms with van der Waals surface area (Å²) in [5.41, 5.74) is 5.25. The highest BCUT2D eigenvalue weighted by atomic mass is 32.2. The van der Waals surface area contributed by atoms with Gasteiger partial charge in [-0.05, 0) is 13.0 Å². The summed E-state index contributed by atoms with van der Waals surface area (Å²) in [6.45, 7) is 0.851. The van der Waals surface area contributed by atoms with E-state index in [1.165, 1.54) is 11.4 Å². The molecule has 0 aliphatic heterocycles. The normalized spacial score (nSPS) is 12.3. The molecule has 0 aromatic heterocycles. The van der Waals surface area contributed by atoms with Crippen molar-refractivity contribution in [1.82, 2.24) is 4.31 Å². The largest absolute Gasteiger partial charge is 0.395 e. The molecule has 0 unspecified atom stereocenters. The van der Waals surface area contributed by atoms with Gasteiger partial charge in [0.25, 0.3) is 0 Å². The fraction of sp³-hybridized carbons (Fsp3) is 1.00. The summed E-state index contributed by atoms with van der Waals surface area (Å²) >= 11 is 0. The number of methoxy groups -OCH3 is 1. The van der Waals surface area contributed by atoms with E-state index in [1.807, 2.05) is 0 Å². The van der Waals surface area contributed by atoms with E-state index >= 15 is 0 Å². The molecule has 0 aliphatic carbocycles. The Bertz CT molecular complexity index is 243. The summed E-state index contributed by atoms with van der Waals surface area (Å²) in [7, 11) is -1.80. The van der Waals surface area contributed by atoms with Crippen LogP contribution in [0.3, 0.4) is 0 Å². The average Bonchev–Trinajstić information content (AvgIpc) is 2.21. The molecular formula is C8H20N2O4S. The molecule has 0 rings (SSSR count). The standard InChI is InChI=1S/C8H20N2O4S/c1-14-7-5-10(4-6-11)15(12,13)8-2-3-9/h11H,2-9H2,1H3. The van der Waals surface area contributed by atoms with E-state index in [4.69, 9.17) is 15.6 Å². The lowest BCUT2D eigenvalue weighted by Gasteiger charge is -2.20. The van der Waals surface area contributed by atoms with Gasteiger partial charge in [-0.1, -0.05) is 0 Å². The van der Waals surface area contributed by atoms with Crippen LogP contribution in [0.2, 0.25) is 0 Å². The molecular weight excluding hydrogens is 220 g/mol. The third-order valence-corrected chi connectivity index (χ3v) is 3.85. The summed E-state index contributed by atoms with van der Waals surface area (Å²) in [6.07, 6.45) is 0.428. The highest BCUT2D eigenvalue weighted by Crippen LogP contribution is 2.02. The van der Waals surface area contributed by atoms with Crippen molar-refractivity contribution in [3.63, 3.8) is 0 Å². The number of aliphatic hydroxyl groups is 1. The SMILES string of the molecule is COCCN(CCO)S(=O)(=O)CCCN. The maximum Gasteiger partial charge on any atom is 0.214 e. The molecule has 0 aliphatic rings. The lowest BCUT2D eigenvalue weighted by molar-refractivity contribution is 0.168. The third kappa shape index (κ3) is 6.06. The van der Waals surface area contributed by atoms with E-state index in [1.54, 1.807) is 0 Å². The Morgan fingerprint density at radius 2 is 2.07 bits per heavy atom. The van der Waals surface area contributed by atoms with E-state index in [2.05, 4.69) is 0 Å². The summed E-state index contributed by atoms with van der Waals surface area (Å²) in [5, 5.41) is 8.75. The molecule has 0 atom stereocenters. The van der Waals surface area contributed by atoms with Crippen molar-refractivity contribution in [2.45, 2.75) is 6.42 Å². The van der Waals surface area contributed by atoms with Crippen molar-refractivity contribution in [3.05, 3.63) is 0 Å². The number of hydrogen-bond donors (Lipinski definition) is 2. The molecule has 0 aromatic carbocycles. The predicted molar refractivity (Wildman–Crippen MR) is 58.0 cm³/mol. The van der Waals surface area contributed by atoms with E-state index < -0.39 is 10.0 Å². The van der Waals surface area contributed by atoms with Crippen molar-refractivity contribution < 1.29 is 18.3 Å². The lowest BCUT2D eigenvalue weighted by Crippen LogP contribution is -2.38. The molecule has 15 heavy (non-hydrogen) atoms. The minimum absolute atomic E-state index is 0.0210. The third-order valence-electron chi connectivity index (χ3n) is 1.89. The van der Waals surface area contributed by atoms with Gasteiger partial charge >= 0.3 is 0 Å². The maximum atomic E-state index is 11.7. The van der Waals surface area contributed by atoms with Gasteiger partial charge in [-0.3, -0.25) is 0 Å². The predicted octanol–water partition coefficient (Wildman–Crippen LogP) is -1.39. The molecule has 0 amide bonds. The second-order valence-electron chi connectivity index (χ2n) is 3.07. The van der Waals surface area contributed by atoms with E-state index in [0.717, 1.165) is 0 Å². The van der Waals surface area contributed by atoms with Crippen LogP contribution >= 0.6 is 0 Å². The van der Waals surface area contributed by atoms with Gasteiger partial charge in [-0.2, -0.15) is 4.31 Å². The van der Waals surface area contributed by atoms with Crippen molar-refractivity contribution in [3.8, 4) is 0 Å². The first-order chi connectivity index (χ1) is 7.08. The summed E-state index contributed by atoms with van der Waals surface area (Å²) in [6, 6.07) is 0. The van der Waals surface area contributed by atoms with Gasteiger partial charge in [0.1, 0.15) is 0 Å². The van der Waals surface area contributed by atoms with Gasteiger partial charge in [-0.25, -0.2) is 8.42 Å². The summed E-state index contributed by atoms with van der Waals surface area (Å²) in [5.74, 6) is 0.0210. The number of rotatable bonds is 9. The summed E-state index contributed by atoms with van der Waals surface area (Å²) in [4.78, 5) is 0. The van der Waals surface area contributed by atoms with Crippen LogP contribution in [-0.2, 0) is 14.8 Å². The Hall–Kier alpha value is -0.210. The molecule has 0 aromatic rings. The van der Waals surface area contributed by atoms with Crippen molar-refractivity contribution in [1.29, 1.82) is 0 Å². The monoisotopic (exact) mass is 240 g/mol. The molecule has 6 nitrogen and oxygen atoms in total. The van der Waals surface area contributed by atoms with Crippen LogP contribution in [-0.4, -0.2) is 63.5 Å². The second kappa shape index (κ2) is 8.00. The quantitative estimate of drug-likeness (QED) is 0.517. The van der Waals surface area contributed by atoms with Crippen molar-refractivity contribution >= 4 is 10.0 Å². The summed E-state index contributed by atoms with van der Waals surface area (Å²) < 4.78 is 29.4. The Balaban J connectivity index is 4.30. The van der Waals surface area contributed by atoms with Gasteiger partial charge in [-0.15, -0.1) is 0 Å².